The Morgan fingerprint density at radius 2 is 1.92 bits per heavy atom. The van der Waals surface area contributed by atoms with Crippen LogP contribution in [0, 0.1) is 0 Å². The van der Waals surface area contributed by atoms with Crippen LogP contribution in [0.3, 0.4) is 0 Å². The molecule has 0 radical (unpaired) electrons. The molecule has 136 valence electrons. The van der Waals surface area contributed by atoms with E-state index in [0.717, 1.165) is 19.5 Å². The molecule has 2 rings (SSSR count). The Hall–Kier alpha value is -0.820. The van der Waals surface area contributed by atoms with Gasteiger partial charge in [-0.3, -0.25) is 9.89 Å². The fourth-order valence-corrected chi connectivity index (χ4v) is 3.12. The number of nitrogens with one attached hydrogen (secondary N) is 1. The molecule has 1 aromatic carbocycles. The van der Waals surface area contributed by atoms with Gasteiger partial charge in [-0.05, 0) is 38.8 Å². The number of halogens is 1. The summed E-state index contributed by atoms with van der Waals surface area (Å²) in [6, 6.07) is 11.6. The molecule has 0 heterocycles. The maximum absolute atomic E-state index is 6.02. The van der Waals surface area contributed by atoms with E-state index in [-0.39, 0.29) is 24.0 Å². The molecule has 0 saturated heterocycles. The number of benzene rings is 1. The van der Waals surface area contributed by atoms with Crippen molar-refractivity contribution in [1.82, 2.24) is 10.2 Å². The van der Waals surface area contributed by atoms with Crippen LogP contribution < -0.4 is 11.1 Å². The van der Waals surface area contributed by atoms with Gasteiger partial charge in [0, 0.05) is 25.2 Å². The number of rotatable bonds is 7. The van der Waals surface area contributed by atoms with Crippen molar-refractivity contribution in [3.05, 3.63) is 35.9 Å². The molecule has 1 aliphatic carbocycles. The summed E-state index contributed by atoms with van der Waals surface area (Å²) in [4.78, 5) is 6.87. The molecule has 1 fully saturated rings. The monoisotopic (exact) mass is 444 g/mol. The largest absolute Gasteiger partial charge is 0.370 e. The molecule has 1 aromatic rings. The zero-order valence-corrected chi connectivity index (χ0v) is 17.4. The van der Waals surface area contributed by atoms with Gasteiger partial charge in [0.2, 0.25) is 0 Å². The SMILES string of the molecule is CC(CCN=C(N)NC1CCCCC1)N(C)Cc1ccccc1.I. The highest BCUT2D eigenvalue weighted by Crippen LogP contribution is 2.17. The minimum Gasteiger partial charge on any atom is -0.370 e. The van der Waals surface area contributed by atoms with Gasteiger partial charge in [0.25, 0.3) is 0 Å². The van der Waals surface area contributed by atoms with Gasteiger partial charge in [-0.1, -0.05) is 49.6 Å². The van der Waals surface area contributed by atoms with E-state index in [0.29, 0.717) is 18.0 Å². The van der Waals surface area contributed by atoms with Crippen LogP contribution in [-0.4, -0.2) is 36.5 Å². The van der Waals surface area contributed by atoms with Gasteiger partial charge in [-0.15, -0.1) is 24.0 Å². The first-order chi connectivity index (χ1) is 11.1. The van der Waals surface area contributed by atoms with E-state index in [1.165, 1.54) is 37.7 Å². The molecule has 0 aliphatic heterocycles. The molecule has 1 saturated carbocycles. The number of nitrogens with zero attached hydrogens (tertiary/aromatic N) is 2. The predicted octanol–water partition coefficient (Wildman–Crippen LogP) is 3.75. The van der Waals surface area contributed by atoms with Gasteiger partial charge in [-0.2, -0.15) is 0 Å². The fourth-order valence-electron chi connectivity index (χ4n) is 3.12. The topological polar surface area (TPSA) is 53.6 Å². The maximum Gasteiger partial charge on any atom is 0.188 e. The van der Waals surface area contributed by atoms with Gasteiger partial charge in [0.1, 0.15) is 0 Å². The van der Waals surface area contributed by atoms with E-state index < -0.39 is 0 Å². The maximum atomic E-state index is 6.02. The minimum absolute atomic E-state index is 0. The van der Waals surface area contributed by atoms with E-state index in [4.69, 9.17) is 5.73 Å². The second-order valence-corrected chi connectivity index (χ2v) is 6.78. The Balaban J connectivity index is 0.00000288. The lowest BCUT2D eigenvalue weighted by Gasteiger charge is -2.25. The van der Waals surface area contributed by atoms with Crippen molar-refractivity contribution < 1.29 is 0 Å². The Morgan fingerprint density at radius 1 is 1.25 bits per heavy atom. The first-order valence-corrected chi connectivity index (χ1v) is 8.96. The van der Waals surface area contributed by atoms with Crippen LogP contribution in [0.5, 0.6) is 0 Å². The van der Waals surface area contributed by atoms with E-state index in [9.17, 15) is 0 Å². The highest BCUT2D eigenvalue weighted by atomic mass is 127. The lowest BCUT2D eigenvalue weighted by molar-refractivity contribution is 0.240. The molecule has 1 aliphatic rings. The number of hydrogen-bond donors (Lipinski definition) is 2. The van der Waals surface area contributed by atoms with Crippen molar-refractivity contribution in [1.29, 1.82) is 0 Å². The molecule has 24 heavy (non-hydrogen) atoms. The average Bonchev–Trinajstić information content (AvgIpc) is 2.56. The Labute approximate surface area is 164 Å². The smallest absolute Gasteiger partial charge is 0.188 e. The first kappa shape index (κ1) is 21.2. The van der Waals surface area contributed by atoms with Crippen LogP contribution in [0.2, 0.25) is 0 Å². The third-order valence-corrected chi connectivity index (χ3v) is 4.81. The second-order valence-electron chi connectivity index (χ2n) is 6.78. The molecule has 3 N–H and O–H groups in total. The van der Waals surface area contributed by atoms with Crippen molar-refractivity contribution >= 4 is 29.9 Å². The van der Waals surface area contributed by atoms with Gasteiger partial charge in [0.15, 0.2) is 5.96 Å². The van der Waals surface area contributed by atoms with E-state index in [2.05, 4.69) is 59.5 Å². The predicted molar refractivity (Wildman–Crippen MR) is 114 cm³/mol. The zero-order valence-electron chi connectivity index (χ0n) is 15.1. The summed E-state index contributed by atoms with van der Waals surface area (Å²) in [5, 5.41) is 3.38. The molecule has 0 aromatic heterocycles. The minimum atomic E-state index is 0. The number of nitrogens with two attached hydrogens (primary N) is 1. The molecular weight excluding hydrogens is 411 g/mol. The Kier molecular flexibility index (Phi) is 10.3. The van der Waals surface area contributed by atoms with E-state index in [1.54, 1.807) is 0 Å². The fraction of sp³-hybridized carbons (Fsp3) is 0.632. The molecule has 1 atom stereocenters. The molecule has 1 unspecified atom stereocenters. The molecule has 0 bridgehead atoms. The van der Waals surface area contributed by atoms with Crippen LogP contribution in [-0.2, 0) is 6.54 Å². The van der Waals surface area contributed by atoms with Gasteiger partial charge in [0.05, 0.1) is 0 Å². The van der Waals surface area contributed by atoms with Gasteiger partial charge < -0.3 is 11.1 Å². The summed E-state index contributed by atoms with van der Waals surface area (Å²) in [5.74, 6) is 0.620. The highest BCUT2D eigenvalue weighted by molar-refractivity contribution is 14.0. The first-order valence-electron chi connectivity index (χ1n) is 8.96. The van der Waals surface area contributed by atoms with Crippen LogP contribution >= 0.6 is 24.0 Å². The van der Waals surface area contributed by atoms with Crippen molar-refractivity contribution in [3.63, 3.8) is 0 Å². The van der Waals surface area contributed by atoms with Crippen LogP contribution in [0.25, 0.3) is 0 Å². The van der Waals surface area contributed by atoms with Crippen molar-refractivity contribution in [3.8, 4) is 0 Å². The third-order valence-electron chi connectivity index (χ3n) is 4.81. The average molecular weight is 444 g/mol. The highest BCUT2D eigenvalue weighted by Gasteiger charge is 2.13. The van der Waals surface area contributed by atoms with E-state index >= 15 is 0 Å². The second kappa shape index (κ2) is 11.7. The molecule has 4 nitrogen and oxygen atoms in total. The number of hydrogen-bond acceptors (Lipinski definition) is 2. The summed E-state index contributed by atoms with van der Waals surface area (Å²) in [6.07, 6.45) is 7.47. The zero-order chi connectivity index (χ0) is 16.5. The quantitative estimate of drug-likeness (QED) is 0.383. The number of guanidine groups is 1. The van der Waals surface area contributed by atoms with Crippen LogP contribution in [0.1, 0.15) is 51.0 Å². The Morgan fingerprint density at radius 3 is 2.58 bits per heavy atom. The summed E-state index contributed by atoms with van der Waals surface area (Å²) >= 11 is 0. The van der Waals surface area contributed by atoms with Crippen LogP contribution in [0.15, 0.2) is 35.3 Å². The van der Waals surface area contributed by atoms with Gasteiger partial charge >= 0.3 is 0 Å². The van der Waals surface area contributed by atoms with Crippen molar-refractivity contribution in [2.24, 2.45) is 10.7 Å². The number of aliphatic imine (C=N–C) groups is 1. The summed E-state index contributed by atoms with van der Waals surface area (Å²) in [6.45, 7) is 4.01. The summed E-state index contributed by atoms with van der Waals surface area (Å²) in [5.41, 5.74) is 7.37. The van der Waals surface area contributed by atoms with Gasteiger partial charge in [-0.25, -0.2) is 0 Å². The molecule has 0 amide bonds. The normalized spacial score (nSPS) is 17.4. The lowest BCUT2D eigenvalue weighted by atomic mass is 9.96. The molecule has 0 spiro atoms. The summed E-state index contributed by atoms with van der Waals surface area (Å²) in [7, 11) is 2.17. The standard InChI is InChI=1S/C19H32N4.HI/c1-16(23(2)15-17-9-5-3-6-10-17)13-14-21-19(20)22-18-11-7-4-8-12-18;/h3,5-6,9-10,16,18H,4,7-8,11-15H2,1-2H3,(H3,20,21,22);1H. The molecule has 5 heteroatoms. The summed E-state index contributed by atoms with van der Waals surface area (Å²) < 4.78 is 0. The third kappa shape index (κ3) is 7.83. The van der Waals surface area contributed by atoms with Crippen molar-refractivity contribution in [2.45, 2.75) is 64.1 Å². The Bertz CT molecular complexity index is 472. The lowest BCUT2D eigenvalue weighted by Crippen LogP contribution is -2.41. The van der Waals surface area contributed by atoms with Crippen LogP contribution in [0.4, 0.5) is 0 Å². The van der Waals surface area contributed by atoms with Crippen molar-refractivity contribution in [2.75, 3.05) is 13.6 Å². The molecular formula is C19H33IN4. The van der Waals surface area contributed by atoms with E-state index in [1.807, 2.05) is 0 Å².